The highest BCUT2D eigenvalue weighted by Gasteiger charge is 2.44. The summed E-state index contributed by atoms with van der Waals surface area (Å²) in [5.74, 6) is -0.285. The molecule has 2 aliphatic rings. The van der Waals surface area contributed by atoms with Crippen molar-refractivity contribution in [2.24, 2.45) is 5.92 Å². The summed E-state index contributed by atoms with van der Waals surface area (Å²) in [5.41, 5.74) is 0.534. The van der Waals surface area contributed by atoms with Crippen LogP contribution in [0.4, 0.5) is 4.79 Å². The van der Waals surface area contributed by atoms with Gasteiger partial charge in [-0.05, 0) is 51.6 Å². The molecule has 0 aromatic heterocycles. The van der Waals surface area contributed by atoms with Gasteiger partial charge in [0, 0.05) is 31.7 Å². The summed E-state index contributed by atoms with van der Waals surface area (Å²) in [6.07, 6.45) is -1.87. The average Bonchev–Trinajstić information content (AvgIpc) is 3.16. The molecular weight excluding hydrogens is 532 g/mol. The highest BCUT2D eigenvalue weighted by atomic mass is 32.2. The summed E-state index contributed by atoms with van der Waals surface area (Å²) in [4.78, 5) is 30.5. The van der Waals surface area contributed by atoms with E-state index in [0.717, 1.165) is 18.7 Å². The molecule has 0 bridgehead atoms. The molecule has 40 heavy (non-hydrogen) atoms. The van der Waals surface area contributed by atoms with E-state index in [1.165, 1.54) is 0 Å². The Morgan fingerprint density at radius 1 is 1.15 bits per heavy atom. The molecule has 0 radical (unpaired) electrons. The zero-order valence-electron chi connectivity index (χ0n) is 24.8. The van der Waals surface area contributed by atoms with E-state index in [4.69, 9.17) is 4.74 Å². The van der Waals surface area contributed by atoms with Gasteiger partial charge in [0.15, 0.2) is 9.84 Å². The predicted octanol–water partition coefficient (Wildman–Crippen LogP) is 1.82. The molecule has 0 unspecified atom stereocenters. The van der Waals surface area contributed by atoms with E-state index in [9.17, 15) is 23.1 Å². The lowest BCUT2D eigenvalue weighted by molar-refractivity contribution is -0.131. The van der Waals surface area contributed by atoms with E-state index in [1.807, 2.05) is 69.9 Å². The van der Waals surface area contributed by atoms with Crippen LogP contribution in [-0.4, -0.2) is 109 Å². The van der Waals surface area contributed by atoms with Crippen LogP contribution in [-0.2, 0) is 25.8 Å². The molecule has 2 aliphatic heterocycles. The fourth-order valence-corrected chi connectivity index (χ4v) is 8.02. The molecule has 0 aliphatic carbocycles. The first-order valence-electron chi connectivity index (χ1n) is 14.4. The van der Waals surface area contributed by atoms with Crippen molar-refractivity contribution in [3.05, 3.63) is 35.9 Å². The number of β-amino-alcohol motifs (C(OH)–C–C–N with tert-alkyl or cyclic N) is 1. The largest absolute Gasteiger partial charge is 0.445 e. The van der Waals surface area contributed by atoms with E-state index in [0.29, 0.717) is 19.5 Å². The Balaban J connectivity index is 1.75. The maximum absolute atomic E-state index is 13.2. The zero-order valence-corrected chi connectivity index (χ0v) is 25.6. The molecule has 0 spiro atoms. The number of hydrogen-bond acceptors (Lipinski definition) is 8. The number of nitrogens with zero attached hydrogens (tertiary/aromatic N) is 2. The van der Waals surface area contributed by atoms with Crippen LogP contribution in [0, 0.1) is 5.92 Å². The van der Waals surface area contributed by atoms with Crippen LogP contribution in [0.5, 0.6) is 0 Å². The Morgan fingerprint density at radius 2 is 1.82 bits per heavy atom. The zero-order chi connectivity index (χ0) is 29.7. The van der Waals surface area contributed by atoms with Gasteiger partial charge in [-0.2, -0.15) is 0 Å². The van der Waals surface area contributed by atoms with Crippen LogP contribution >= 0.6 is 0 Å². The Kier molecular flexibility index (Phi) is 11.0. The second-order valence-electron chi connectivity index (χ2n) is 12.5. The lowest BCUT2D eigenvalue weighted by atomic mass is 9.99. The minimum Gasteiger partial charge on any atom is -0.445 e. The van der Waals surface area contributed by atoms with Gasteiger partial charge in [-0.1, -0.05) is 51.1 Å². The summed E-state index contributed by atoms with van der Waals surface area (Å²) in [7, 11) is -3.33. The molecule has 1 aromatic rings. The van der Waals surface area contributed by atoms with E-state index in [1.54, 1.807) is 0 Å². The van der Waals surface area contributed by atoms with Crippen molar-refractivity contribution in [1.29, 1.82) is 0 Å². The van der Waals surface area contributed by atoms with Crippen molar-refractivity contribution in [1.82, 2.24) is 20.4 Å². The highest BCUT2D eigenvalue weighted by Crippen LogP contribution is 2.29. The number of sulfone groups is 1. The first-order valence-corrected chi connectivity index (χ1v) is 16.1. The number of aliphatic hydroxyl groups is 1. The molecule has 2 fully saturated rings. The molecular formula is C29H48N4O6S. The van der Waals surface area contributed by atoms with Crippen molar-refractivity contribution in [3.63, 3.8) is 0 Å². The monoisotopic (exact) mass is 580 g/mol. The third kappa shape index (κ3) is 8.89. The lowest BCUT2D eigenvalue weighted by Crippen LogP contribution is -2.63. The topological polar surface area (TPSA) is 128 Å². The average molecular weight is 581 g/mol. The van der Waals surface area contributed by atoms with Gasteiger partial charge in [0.1, 0.15) is 17.4 Å². The first-order chi connectivity index (χ1) is 18.7. The fourth-order valence-electron chi connectivity index (χ4n) is 5.71. The SMILES string of the molecule is CCN1CCN(C[C@@H](O)[C@H](Cc2ccccc2)NC(=O)O[C@@H]2CCS(=O)(=O)[C@@H]2C(C)C)[C@H](C(=O)NC(C)(C)C)C1. The molecule has 3 N–H and O–H groups in total. The fraction of sp³-hybridized carbons (Fsp3) is 0.724. The number of alkyl carbamates (subject to hydrolysis) is 1. The van der Waals surface area contributed by atoms with Crippen molar-refractivity contribution in [3.8, 4) is 0 Å². The number of hydrogen-bond donors (Lipinski definition) is 3. The van der Waals surface area contributed by atoms with Gasteiger partial charge in [0.25, 0.3) is 0 Å². The molecule has 226 valence electrons. The normalized spacial score (nSPS) is 25.4. The van der Waals surface area contributed by atoms with E-state index in [2.05, 4.69) is 22.5 Å². The minimum absolute atomic E-state index is 0.00832. The van der Waals surface area contributed by atoms with Crippen molar-refractivity contribution < 1.29 is 27.9 Å². The molecule has 5 atom stereocenters. The molecule has 11 heteroatoms. The Hall–Kier alpha value is -2.21. The maximum atomic E-state index is 13.2. The van der Waals surface area contributed by atoms with Gasteiger partial charge in [-0.25, -0.2) is 13.2 Å². The van der Waals surface area contributed by atoms with Gasteiger partial charge >= 0.3 is 6.09 Å². The van der Waals surface area contributed by atoms with Crippen LogP contribution in [0.1, 0.15) is 53.5 Å². The molecule has 3 rings (SSSR count). The van der Waals surface area contributed by atoms with Crippen LogP contribution in [0.2, 0.25) is 0 Å². The predicted molar refractivity (Wildman–Crippen MR) is 156 cm³/mol. The number of ether oxygens (including phenoxy) is 1. The van der Waals surface area contributed by atoms with Gasteiger partial charge in [0.05, 0.1) is 17.9 Å². The maximum Gasteiger partial charge on any atom is 0.407 e. The number of amides is 2. The van der Waals surface area contributed by atoms with E-state index >= 15 is 0 Å². The van der Waals surface area contributed by atoms with Crippen molar-refractivity contribution in [2.75, 3.05) is 38.5 Å². The molecule has 2 saturated heterocycles. The van der Waals surface area contributed by atoms with Crippen molar-refractivity contribution in [2.45, 2.75) is 89.5 Å². The number of piperazine rings is 1. The van der Waals surface area contributed by atoms with Gasteiger partial charge in [-0.3, -0.25) is 9.69 Å². The molecule has 1 aromatic carbocycles. The first kappa shape index (κ1) is 32.3. The standard InChI is InChI=1S/C29H48N4O6S/c1-7-32-14-15-33(23(18-32)27(35)31-29(4,5)6)19-24(34)22(17-21-11-9-8-10-12-21)30-28(36)39-25-13-16-40(37,38)26(25)20(2)3/h8-12,20,22-26,34H,7,13-19H2,1-6H3,(H,30,36)(H,31,35)/t22-,23-,24+,25+,26+/m0/s1. The number of carbonyl (C=O) groups excluding carboxylic acids is 2. The van der Waals surface area contributed by atoms with Gasteiger partial charge in [-0.15, -0.1) is 0 Å². The lowest BCUT2D eigenvalue weighted by Gasteiger charge is -2.42. The number of nitrogens with one attached hydrogen (secondary N) is 2. The van der Waals surface area contributed by atoms with Crippen LogP contribution < -0.4 is 10.6 Å². The number of carbonyl (C=O) groups is 2. The minimum atomic E-state index is -3.33. The van der Waals surface area contributed by atoms with Crippen LogP contribution in [0.25, 0.3) is 0 Å². The molecule has 10 nitrogen and oxygen atoms in total. The Bertz CT molecular complexity index is 1090. The second kappa shape index (κ2) is 13.6. The van der Waals surface area contributed by atoms with E-state index in [-0.39, 0.29) is 30.5 Å². The van der Waals surface area contributed by atoms with Crippen molar-refractivity contribution >= 4 is 21.8 Å². The quantitative estimate of drug-likeness (QED) is 0.382. The second-order valence-corrected chi connectivity index (χ2v) is 14.7. The summed E-state index contributed by atoms with van der Waals surface area (Å²) in [6, 6.07) is 8.38. The Labute approximate surface area is 239 Å². The van der Waals surface area contributed by atoms with Gasteiger partial charge in [0.2, 0.25) is 5.91 Å². The number of rotatable bonds is 10. The highest BCUT2D eigenvalue weighted by molar-refractivity contribution is 7.92. The summed E-state index contributed by atoms with van der Waals surface area (Å²) in [6.45, 7) is 14.4. The summed E-state index contributed by atoms with van der Waals surface area (Å²) < 4.78 is 30.7. The smallest absolute Gasteiger partial charge is 0.407 e. The molecule has 0 saturated carbocycles. The number of likely N-dealkylation sites (N-methyl/N-ethyl adjacent to an activating group) is 1. The number of benzene rings is 1. The van der Waals surface area contributed by atoms with Crippen LogP contribution in [0.15, 0.2) is 30.3 Å². The third-order valence-electron chi connectivity index (χ3n) is 7.69. The van der Waals surface area contributed by atoms with Gasteiger partial charge < -0.3 is 25.4 Å². The molecule has 2 heterocycles. The molecule has 2 amide bonds. The summed E-state index contributed by atoms with van der Waals surface area (Å²) in [5, 5.41) is 16.6. The van der Waals surface area contributed by atoms with Crippen LogP contribution in [0.3, 0.4) is 0 Å². The third-order valence-corrected chi connectivity index (χ3v) is 10.2. The van der Waals surface area contributed by atoms with E-state index < -0.39 is 51.0 Å². The number of aliphatic hydroxyl groups excluding tert-OH is 1. The summed E-state index contributed by atoms with van der Waals surface area (Å²) >= 11 is 0. The Morgan fingerprint density at radius 3 is 2.42 bits per heavy atom.